The zero-order chi connectivity index (χ0) is 47.4. The average molecular weight is 921 g/mol. The van der Waals surface area contributed by atoms with Crippen LogP contribution in [-0.4, -0.2) is 24.1 Å². The van der Waals surface area contributed by atoms with Gasteiger partial charge in [0.15, 0.2) is 17.5 Å². The van der Waals surface area contributed by atoms with Crippen LogP contribution in [0.4, 0.5) is 0 Å². The Bertz CT molecular complexity index is 4710. The molecule has 0 amide bonds. The van der Waals surface area contributed by atoms with Crippen LogP contribution >= 0.6 is 0 Å². The van der Waals surface area contributed by atoms with E-state index in [1.807, 2.05) is 115 Å². The van der Waals surface area contributed by atoms with Crippen molar-refractivity contribution in [1.82, 2.24) is 24.1 Å². The monoisotopic (exact) mass is 920 g/mol. The summed E-state index contributed by atoms with van der Waals surface area (Å²) < 4.78 is 17.9. The van der Waals surface area contributed by atoms with Gasteiger partial charge in [-0.1, -0.05) is 146 Å². The van der Waals surface area contributed by atoms with Gasteiger partial charge in [-0.15, -0.1) is 0 Å². The molecule has 72 heavy (non-hydrogen) atoms. The van der Waals surface area contributed by atoms with Crippen molar-refractivity contribution in [3.05, 3.63) is 224 Å². The minimum absolute atomic E-state index is 0.480. The van der Waals surface area contributed by atoms with Gasteiger partial charge in [0.25, 0.3) is 0 Å². The maximum Gasteiger partial charge on any atom is 0.164 e. The summed E-state index contributed by atoms with van der Waals surface area (Å²) in [6.07, 6.45) is 0. The molecule has 15 rings (SSSR count). The molecular weight excluding hydrogens is 885 g/mol. The molecule has 10 aromatic carbocycles. The predicted molar refractivity (Wildman–Crippen MR) is 290 cm³/mol. The third kappa shape index (κ3) is 5.82. The average Bonchev–Trinajstić information content (AvgIpc) is 4.21. The molecule has 0 bridgehead atoms. The molecule has 0 spiro atoms. The zero-order valence-electron chi connectivity index (χ0n) is 38.3. The SMILES string of the molecule is N#Cc1c(-c2cc(-n3c4ccccc4c4c5oc6ccccc6c5ccc43)ccc2-c2nc(-c3ccccc3)nc(-c3ccccc3)n2)cccc1-n1c2ccccc2c2c3oc4ccccc4c3ccc21. The highest BCUT2D eigenvalue weighted by Gasteiger charge is 2.25. The van der Waals surface area contributed by atoms with Crippen molar-refractivity contribution >= 4 is 87.5 Å². The lowest BCUT2D eigenvalue weighted by Crippen LogP contribution is -2.04. The Balaban J connectivity index is 1.03. The molecule has 5 heterocycles. The minimum Gasteiger partial charge on any atom is -0.455 e. The quantitative estimate of drug-likeness (QED) is 0.165. The van der Waals surface area contributed by atoms with Gasteiger partial charge in [-0.05, 0) is 78.4 Å². The molecule has 0 saturated heterocycles. The lowest BCUT2D eigenvalue weighted by Gasteiger charge is -2.18. The molecule has 0 unspecified atom stereocenters. The maximum atomic E-state index is 11.7. The highest BCUT2D eigenvalue weighted by Crippen LogP contribution is 2.45. The lowest BCUT2D eigenvalue weighted by molar-refractivity contribution is 0.672. The van der Waals surface area contributed by atoms with Crippen LogP contribution in [0.3, 0.4) is 0 Å². The van der Waals surface area contributed by atoms with Crippen molar-refractivity contribution in [1.29, 1.82) is 5.26 Å². The first-order valence-electron chi connectivity index (χ1n) is 23.9. The predicted octanol–water partition coefficient (Wildman–Crippen LogP) is 16.4. The number of nitrogens with zero attached hydrogens (tertiary/aromatic N) is 6. The Hall–Kier alpha value is -10.1. The first-order valence-corrected chi connectivity index (χ1v) is 23.9. The Labute approximate surface area is 410 Å². The summed E-state index contributed by atoms with van der Waals surface area (Å²) in [5.41, 5.74) is 13.4. The first-order chi connectivity index (χ1) is 35.7. The van der Waals surface area contributed by atoms with E-state index < -0.39 is 0 Å². The van der Waals surface area contributed by atoms with Gasteiger partial charge in [-0.25, -0.2) is 15.0 Å². The van der Waals surface area contributed by atoms with Crippen LogP contribution in [0.15, 0.2) is 227 Å². The lowest BCUT2D eigenvalue weighted by atomic mass is 9.93. The summed E-state index contributed by atoms with van der Waals surface area (Å²) in [5, 5.41) is 20.1. The van der Waals surface area contributed by atoms with E-state index in [0.29, 0.717) is 23.0 Å². The summed E-state index contributed by atoms with van der Waals surface area (Å²) in [6, 6.07) is 77.1. The van der Waals surface area contributed by atoms with Gasteiger partial charge in [0.2, 0.25) is 0 Å². The van der Waals surface area contributed by atoms with Crippen LogP contribution in [0.5, 0.6) is 0 Å². The van der Waals surface area contributed by atoms with Crippen LogP contribution in [0.25, 0.3) is 144 Å². The van der Waals surface area contributed by atoms with Crippen molar-refractivity contribution in [3.63, 3.8) is 0 Å². The van der Waals surface area contributed by atoms with Gasteiger partial charge in [0.05, 0.1) is 44.1 Å². The van der Waals surface area contributed by atoms with Crippen LogP contribution in [-0.2, 0) is 0 Å². The van der Waals surface area contributed by atoms with Crippen molar-refractivity contribution in [2.24, 2.45) is 0 Å². The normalized spacial score (nSPS) is 11.9. The highest BCUT2D eigenvalue weighted by atomic mass is 16.3. The maximum absolute atomic E-state index is 11.7. The van der Waals surface area contributed by atoms with Crippen LogP contribution in [0.1, 0.15) is 5.56 Å². The van der Waals surface area contributed by atoms with E-state index >= 15 is 0 Å². The summed E-state index contributed by atoms with van der Waals surface area (Å²) in [7, 11) is 0. The first kappa shape index (κ1) is 39.9. The van der Waals surface area contributed by atoms with Gasteiger partial charge in [-0.3, -0.25) is 0 Å². The van der Waals surface area contributed by atoms with E-state index in [1.54, 1.807) is 0 Å². The fourth-order valence-electron chi connectivity index (χ4n) is 11.1. The molecule has 0 N–H and O–H groups in total. The Morgan fingerprint density at radius 2 is 0.861 bits per heavy atom. The number of aromatic nitrogens is 5. The molecular formula is C64H36N6O2. The topological polar surface area (TPSA) is 98.6 Å². The summed E-state index contributed by atoms with van der Waals surface area (Å²) >= 11 is 0. The van der Waals surface area contributed by atoms with E-state index in [9.17, 15) is 5.26 Å². The van der Waals surface area contributed by atoms with Gasteiger partial charge in [-0.2, -0.15) is 5.26 Å². The molecule has 0 fully saturated rings. The number of hydrogen-bond acceptors (Lipinski definition) is 6. The van der Waals surface area contributed by atoms with Crippen molar-refractivity contribution < 1.29 is 8.83 Å². The van der Waals surface area contributed by atoms with E-state index in [2.05, 4.69) is 118 Å². The van der Waals surface area contributed by atoms with Gasteiger partial charge in [0.1, 0.15) is 28.4 Å². The fourth-order valence-corrected chi connectivity index (χ4v) is 11.1. The zero-order valence-corrected chi connectivity index (χ0v) is 38.3. The van der Waals surface area contributed by atoms with Crippen molar-refractivity contribution in [3.8, 4) is 62.7 Å². The Morgan fingerprint density at radius 1 is 0.361 bits per heavy atom. The minimum atomic E-state index is 0.480. The standard InChI is InChI=1S/C64H36N6O2/c65-37-50-41(24-15-27-53(50)70-52-26-12-8-23-48(52)59-55(70)35-33-45-43-21-10-14-29-57(43)72-61(45)59)49-36-40(30-31-46(49)64-67-62(38-16-3-1-4-17-38)66-63(68-64)39-18-5-2-6-19-39)69-51-25-11-7-22-47(51)58-54(69)34-32-44-42-20-9-13-28-56(42)71-60(44)58/h1-36H. The second-order valence-electron chi connectivity index (χ2n) is 18.2. The van der Waals surface area contributed by atoms with Gasteiger partial charge < -0.3 is 18.0 Å². The molecule has 334 valence electrons. The Kier molecular flexibility index (Phi) is 8.55. The molecule has 0 aliphatic carbocycles. The van der Waals surface area contributed by atoms with E-state index in [1.165, 1.54) is 0 Å². The number of furan rings is 2. The molecule has 8 heteroatoms. The number of para-hydroxylation sites is 4. The molecule has 0 atom stereocenters. The smallest absolute Gasteiger partial charge is 0.164 e. The van der Waals surface area contributed by atoms with Gasteiger partial charge >= 0.3 is 0 Å². The van der Waals surface area contributed by atoms with Crippen LogP contribution in [0, 0.1) is 11.3 Å². The van der Waals surface area contributed by atoms with E-state index in [0.717, 1.165) is 127 Å². The molecule has 0 radical (unpaired) electrons. The van der Waals surface area contributed by atoms with Crippen molar-refractivity contribution in [2.75, 3.05) is 0 Å². The largest absolute Gasteiger partial charge is 0.455 e. The molecule has 5 aromatic heterocycles. The second kappa shape index (κ2) is 15.5. The van der Waals surface area contributed by atoms with Crippen molar-refractivity contribution in [2.45, 2.75) is 0 Å². The summed E-state index contributed by atoms with van der Waals surface area (Å²) in [5.74, 6) is 1.57. The Morgan fingerprint density at radius 3 is 1.44 bits per heavy atom. The molecule has 0 saturated carbocycles. The van der Waals surface area contributed by atoms with Gasteiger partial charge in [0, 0.05) is 60.3 Å². The number of rotatable bonds is 6. The number of fused-ring (bicyclic) bond motifs is 14. The van der Waals surface area contributed by atoms with E-state index in [4.69, 9.17) is 23.8 Å². The van der Waals surface area contributed by atoms with Crippen LogP contribution < -0.4 is 0 Å². The van der Waals surface area contributed by atoms with E-state index in [-0.39, 0.29) is 0 Å². The third-order valence-corrected chi connectivity index (χ3v) is 14.2. The molecule has 0 aliphatic rings. The van der Waals surface area contributed by atoms with Crippen LogP contribution in [0.2, 0.25) is 0 Å². The second-order valence-corrected chi connectivity index (χ2v) is 18.2. The summed E-state index contributed by atoms with van der Waals surface area (Å²) in [6.45, 7) is 0. The molecule has 0 aliphatic heterocycles. The number of nitriles is 1. The fraction of sp³-hybridized carbons (Fsp3) is 0. The molecule has 8 nitrogen and oxygen atoms in total. The number of hydrogen-bond donors (Lipinski definition) is 0. The third-order valence-electron chi connectivity index (χ3n) is 14.2. The highest BCUT2D eigenvalue weighted by molar-refractivity contribution is 6.25. The number of benzene rings is 10. The summed E-state index contributed by atoms with van der Waals surface area (Å²) in [4.78, 5) is 15.5. The molecule has 15 aromatic rings.